The Kier molecular flexibility index (Phi) is 9.54. The maximum absolute atomic E-state index is 14.2. The van der Waals surface area contributed by atoms with E-state index in [0.717, 1.165) is 37.4 Å². The normalized spacial score (nSPS) is 16.6. The molecule has 0 N–H and O–H groups in total. The number of benzene rings is 3. The van der Waals surface area contributed by atoms with Crippen molar-refractivity contribution in [2.75, 3.05) is 37.7 Å². The number of halogens is 7. The minimum Gasteiger partial charge on any atom is -0.490 e. The van der Waals surface area contributed by atoms with E-state index >= 15 is 0 Å². The van der Waals surface area contributed by atoms with Crippen molar-refractivity contribution in [2.24, 2.45) is 0 Å². The van der Waals surface area contributed by atoms with Crippen LogP contribution in [0.1, 0.15) is 23.1 Å². The van der Waals surface area contributed by atoms with Crippen molar-refractivity contribution in [3.05, 3.63) is 105 Å². The second-order valence-corrected chi connectivity index (χ2v) is 11.5. The molecule has 10 nitrogen and oxygen atoms in total. The van der Waals surface area contributed by atoms with Gasteiger partial charge in [0, 0.05) is 56.4 Å². The first-order chi connectivity index (χ1) is 23.4. The Morgan fingerprint density at radius 2 is 1.47 bits per heavy atom. The summed E-state index contributed by atoms with van der Waals surface area (Å²) in [5, 5.41) is 10.9. The molecule has 3 aromatic carbocycles. The summed E-state index contributed by atoms with van der Waals surface area (Å²) in [6, 6.07) is 14.3. The molecule has 1 unspecified atom stereocenters. The summed E-state index contributed by atoms with van der Waals surface area (Å²) in [4.78, 5) is 18.7. The van der Waals surface area contributed by atoms with Crippen LogP contribution >= 0.6 is 0 Å². The molecule has 0 bridgehead atoms. The summed E-state index contributed by atoms with van der Waals surface area (Å²) >= 11 is 0. The molecule has 2 aliphatic rings. The molecule has 0 saturated carbocycles. The van der Waals surface area contributed by atoms with Gasteiger partial charge in [-0.2, -0.15) is 13.2 Å². The number of aromatic nitrogens is 2. The van der Waals surface area contributed by atoms with Crippen molar-refractivity contribution >= 4 is 11.5 Å². The third-order valence-corrected chi connectivity index (χ3v) is 8.24. The van der Waals surface area contributed by atoms with E-state index < -0.39 is 52.1 Å². The van der Waals surface area contributed by atoms with Crippen LogP contribution in [0.3, 0.4) is 0 Å². The molecule has 1 aromatic heterocycles. The first kappa shape index (κ1) is 33.8. The van der Waals surface area contributed by atoms with Crippen LogP contribution < -0.4 is 19.1 Å². The smallest absolute Gasteiger partial charge is 0.422 e. The van der Waals surface area contributed by atoms with Gasteiger partial charge in [0.2, 0.25) is 0 Å². The van der Waals surface area contributed by atoms with Crippen molar-refractivity contribution < 1.29 is 49.9 Å². The van der Waals surface area contributed by atoms with E-state index in [1.807, 2.05) is 24.3 Å². The van der Waals surface area contributed by atoms with Crippen LogP contribution in [0.25, 0.3) is 0 Å². The lowest BCUT2D eigenvalue weighted by Gasteiger charge is -2.36. The average molecular weight is 696 g/mol. The van der Waals surface area contributed by atoms with E-state index in [0.29, 0.717) is 25.3 Å². The minimum atomic E-state index is -5.61. The van der Waals surface area contributed by atoms with Crippen molar-refractivity contribution in [1.82, 2.24) is 14.5 Å². The highest BCUT2D eigenvalue weighted by Gasteiger charge is 2.42. The minimum absolute atomic E-state index is 0.102. The quantitative estimate of drug-likeness (QED) is 0.0804. The van der Waals surface area contributed by atoms with E-state index in [2.05, 4.69) is 14.8 Å². The van der Waals surface area contributed by atoms with Gasteiger partial charge in [0.15, 0.2) is 23.3 Å². The van der Waals surface area contributed by atoms with E-state index in [-0.39, 0.29) is 30.3 Å². The third-order valence-electron chi connectivity index (χ3n) is 8.24. The van der Waals surface area contributed by atoms with E-state index in [4.69, 9.17) is 14.2 Å². The highest BCUT2D eigenvalue weighted by Crippen LogP contribution is 2.37. The van der Waals surface area contributed by atoms with Crippen molar-refractivity contribution in [3.8, 4) is 17.5 Å². The number of fused-ring (bicyclic) bond motifs is 1. The zero-order chi connectivity index (χ0) is 34.9. The van der Waals surface area contributed by atoms with Crippen LogP contribution in [-0.4, -0.2) is 58.3 Å². The zero-order valence-electron chi connectivity index (χ0n) is 25.6. The van der Waals surface area contributed by atoms with Gasteiger partial charge in [-0.3, -0.25) is 9.47 Å². The highest BCUT2D eigenvalue weighted by atomic mass is 19.4. The number of nitrogens with zero attached hydrogens (tertiary/aromatic N) is 5. The third kappa shape index (κ3) is 7.50. The molecule has 1 fully saturated rings. The number of ether oxygens (including phenoxy) is 3. The largest absolute Gasteiger partial charge is 0.490 e. The molecule has 4 aromatic rings. The Morgan fingerprint density at radius 1 is 0.857 bits per heavy atom. The molecule has 260 valence electrons. The van der Waals surface area contributed by atoms with Crippen LogP contribution in [-0.2, 0) is 25.9 Å². The molecule has 1 saturated heterocycles. The molecule has 0 aliphatic carbocycles. The lowest BCUT2D eigenvalue weighted by molar-refractivity contribution is -0.389. The van der Waals surface area contributed by atoms with Crippen molar-refractivity contribution in [1.29, 1.82) is 0 Å². The monoisotopic (exact) mass is 695 g/mol. The number of hydrogen-bond acceptors (Lipinski definition) is 8. The van der Waals surface area contributed by atoms with Crippen LogP contribution in [0.4, 0.5) is 42.2 Å². The standard InChI is InChI=1S/C32H28F7N5O5/c33-27-24(28(34)30(36)26(29(27)35)32(37,38)39)18-48-21-5-1-19(2-6-21)15-41-11-13-42(14-12-41)20-3-7-22(8-4-20)47-17-23-9-10-43-16-25(44(45)46)40-31(43)49-23/h1-8,16,23H,9-15,17-18H2. The van der Waals surface area contributed by atoms with Crippen LogP contribution in [0, 0.1) is 33.4 Å². The Hall–Kier alpha value is -5.06. The molecule has 2 aliphatic heterocycles. The van der Waals surface area contributed by atoms with Gasteiger partial charge in [0.1, 0.15) is 42.6 Å². The predicted octanol–water partition coefficient (Wildman–Crippen LogP) is 6.50. The molecule has 0 spiro atoms. The molecule has 49 heavy (non-hydrogen) atoms. The maximum Gasteiger partial charge on any atom is 0.422 e. The van der Waals surface area contributed by atoms with E-state index in [1.54, 1.807) is 16.7 Å². The summed E-state index contributed by atoms with van der Waals surface area (Å²) in [6.07, 6.45) is -3.92. The Bertz CT molecular complexity index is 1780. The number of aryl methyl sites for hydroxylation is 1. The number of alkyl halides is 3. The predicted molar refractivity (Wildman–Crippen MR) is 159 cm³/mol. The molecule has 17 heteroatoms. The molecular weight excluding hydrogens is 667 g/mol. The number of nitro groups is 1. The second kappa shape index (κ2) is 13.8. The van der Waals surface area contributed by atoms with Gasteiger partial charge in [-0.1, -0.05) is 12.1 Å². The number of hydrogen-bond donors (Lipinski definition) is 0. The van der Waals surface area contributed by atoms with Gasteiger partial charge in [-0.15, -0.1) is 0 Å². The van der Waals surface area contributed by atoms with Crippen molar-refractivity contribution in [2.45, 2.75) is 38.4 Å². The summed E-state index contributed by atoms with van der Waals surface area (Å²) in [7, 11) is 0. The number of anilines is 1. The number of rotatable bonds is 10. The summed E-state index contributed by atoms with van der Waals surface area (Å²) in [6.45, 7) is 3.41. The topological polar surface area (TPSA) is 95.1 Å². The fourth-order valence-electron chi connectivity index (χ4n) is 5.60. The Morgan fingerprint density at radius 3 is 2.08 bits per heavy atom. The maximum atomic E-state index is 14.2. The van der Waals surface area contributed by atoms with Gasteiger partial charge in [-0.05, 0) is 46.9 Å². The SMILES string of the molecule is O=[N+]([O-])c1cn2c(n1)OC(COc1ccc(N3CCN(Cc4ccc(OCc5c(F)c(F)c(C(F)(F)F)c(F)c5F)cc4)CC3)cc1)CC2. The molecule has 0 amide bonds. The summed E-state index contributed by atoms with van der Waals surface area (Å²) in [5.41, 5.74) is -1.99. The fourth-order valence-corrected chi connectivity index (χ4v) is 5.60. The van der Waals surface area contributed by atoms with Gasteiger partial charge in [0.25, 0.3) is 0 Å². The summed E-state index contributed by atoms with van der Waals surface area (Å²) < 4.78 is 113. The summed E-state index contributed by atoms with van der Waals surface area (Å²) in [5.74, 6) is -8.88. The zero-order valence-corrected chi connectivity index (χ0v) is 25.6. The molecular formula is C32H28F7N5O5. The number of imidazole rings is 1. The van der Waals surface area contributed by atoms with Crippen molar-refractivity contribution in [3.63, 3.8) is 0 Å². The average Bonchev–Trinajstić information content (AvgIpc) is 3.51. The molecule has 6 rings (SSSR count). The second-order valence-electron chi connectivity index (χ2n) is 11.5. The van der Waals surface area contributed by atoms with Gasteiger partial charge >= 0.3 is 18.0 Å². The first-order valence-electron chi connectivity index (χ1n) is 15.1. The highest BCUT2D eigenvalue weighted by molar-refractivity contribution is 5.49. The van der Waals surface area contributed by atoms with Gasteiger partial charge in [-0.25, -0.2) is 17.6 Å². The first-order valence-corrected chi connectivity index (χ1v) is 15.1. The fraction of sp³-hybridized carbons (Fsp3) is 0.344. The molecule has 1 atom stereocenters. The Balaban J connectivity index is 0.949. The lowest BCUT2D eigenvalue weighted by atomic mass is 10.1. The van der Waals surface area contributed by atoms with Crippen LogP contribution in [0.2, 0.25) is 0 Å². The van der Waals surface area contributed by atoms with Crippen LogP contribution in [0.15, 0.2) is 54.7 Å². The molecule has 3 heterocycles. The Labute approximate surface area is 274 Å². The lowest BCUT2D eigenvalue weighted by Crippen LogP contribution is -2.45. The van der Waals surface area contributed by atoms with E-state index in [1.165, 1.54) is 18.3 Å². The number of piperazine rings is 1. The van der Waals surface area contributed by atoms with Gasteiger partial charge < -0.3 is 29.2 Å². The van der Waals surface area contributed by atoms with Gasteiger partial charge in [0.05, 0.1) is 5.56 Å². The van der Waals surface area contributed by atoms with Crippen LogP contribution in [0.5, 0.6) is 17.5 Å². The van der Waals surface area contributed by atoms with E-state index in [9.17, 15) is 40.8 Å². The molecule has 0 radical (unpaired) electrons.